The zero-order valence-electron chi connectivity index (χ0n) is 34.1. The van der Waals surface area contributed by atoms with Gasteiger partial charge in [0.15, 0.2) is 0 Å². The molecule has 0 N–H and O–H groups in total. The minimum atomic E-state index is -0.881. The van der Waals surface area contributed by atoms with Gasteiger partial charge in [-0.3, -0.25) is 0 Å². The molecule has 9 aromatic rings. The van der Waals surface area contributed by atoms with Crippen LogP contribution in [0.5, 0.6) is 0 Å². The molecule has 0 radical (unpaired) electrons. The molecule has 0 spiro atoms. The second-order valence-corrected chi connectivity index (χ2v) is 12.1. The Labute approximate surface area is 270 Å². The van der Waals surface area contributed by atoms with E-state index in [4.69, 9.17) is 21.4 Å². The van der Waals surface area contributed by atoms with Crippen molar-refractivity contribution in [3.63, 3.8) is 0 Å². The summed E-state index contributed by atoms with van der Waals surface area (Å²) >= 11 is -0.881. The summed E-state index contributed by atoms with van der Waals surface area (Å²) in [6.45, 7) is 0. The Hall–Kier alpha value is -5.15. The second-order valence-electron chi connectivity index (χ2n) is 9.95. The van der Waals surface area contributed by atoms with Gasteiger partial charge in [0.05, 0.1) is 0 Å². The van der Waals surface area contributed by atoms with E-state index in [1.54, 1.807) is 6.07 Å². The van der Waals surface area contributed by atoms with Gasteiger partial charge in [-0.1, -0.05) is 24.3 Å². The third-order valence-corrected chi connectivity index (χ3v) is 9.87. The van der Waals surface area contributed by atoms with Crippen molar-refractivity contribution >= 4 is 66.1 Å². The molecule has 0 aliphatic carbocycles. The van der Waals surface area contributed by atoms with Crippen LogP contribution in [0.4, 0.5) is 0 Å². The van der Waals surface area contributed by atoms with Crippen LogP contribution in [0, 0.1) is 0 Å². The number of nitrogens with zero attached hydrogens (tertiary/aromatic N) is 3. The van der Waals surface area contributed by atoms with Gasteiger partial charge in [0, 0.05) is 0 Å². The maximum atomic E-state index is 9.09. The van der Waals surface area contributed by atoms with Crippen LogP contribution in [-0.2, 0) is 0 Å². The number of rotatable bonds is 3. The Morgan fingerprint density at radius 2 is 1.14 bits per heavy atom. The molecule has 7 aromatic carbocycles. The molecule has 0 aliphatic heterocycles. The van der Waals surface area contributed by atoms with Crippen LogP contribution in [0.2, 0.25) is 0 Å². The van der Waals surface area contributed by atoms with E-state index in [0.717, 1.165) is 32.3 Å². The summed E-state index contributed by atoms with van der Waals surface area (Å²) in [5.74, 6) is -0.394. The van der Waals surface area contributed by atoms with Crippen LogP contribution < -0.4 is 0 Å². The molecule has 9 rings (SSSR count). The average molecular weight is 625 g/mol. The first-order chi connectivity index (χ1) is 26.3. The molecule has 0 saturated heterocycles. The van der Waals surface area contributed by atoms with Crippen LogP contribution in [0.25, 0.3) is 85.8 Å². The molecular formula is C39H23N3Se. The zero-order chi connectivity index (χ0) is 38.8. The summed E-state index contributed by atoms with van der Waals surface area (Å²) in [6.07, 6.45) is 0. The molecule has 2 aromatic heterocycles. The van der Waals surface area contributed by atoms with E-state index in [1.807, 2.05) is 36.4 Å². The Morgan fingerprint density at radius 3 is 2.02 bits per heavy atom. The van der Waals surface area contributed by atoms with E-state index >= 15 is 0 Å². The van der Waals surface area contributed by atoms with Crippen LogP contribution >= 0.6 is 0 Å². The summed E-state index contributed by atoms with van der Waals surface area (Å²) in [4.78, 5) is 14.0. The first-order valence-electron chi connectivity index (χ1n) is 19.4. The zero-order valence-corrected chi connectivity index (χ0v) is 23.8. The molecule has 3 nitrogen and oxygen atoms in total. The third-order valence-electron chi connectivity index (χ3n) is 7.52. The summed E-state index contributed by atoms with van der Waals surface area (Å²) in [5.41, 5.74) is 0.194. The molecule has 43 heavy (non-hydrogen) atoms. The van der Waals surface area contributed by atoms with Crippen molar-refractivity contribution in [1.29, 1.82) is 0 Å². The van der Waals surface area contributed by atoms with Crippen molar-refractivity contribution in [1.82, 2.24) is 15.0 Å². The van der Waals surface area contributed by atoms with Crippen molar-refractivity contribution in [2.45, 2.75) is 0 Å². The fourth-order valence-electron chi connectivity index (χ4n) is 5.54. The Balaban J connectivity index is 1.37. The van der Waals surface area contributed by atoms with Crippen molar-refractivity contribution < 1.29 is 16.4 Å². The molecule has 0 atom stereocenters. The number of aromatic nitrogens is 3. The summed E-state index contributed by atoms with van der Waals surface area (Å²) in [5, 5.41) is 6.33. The van der Waals surface area contributed by atoms with Gasteiger partial charge in [-0.15, -0.1) is 0 Å². The molecule has 0 aliphatic rings. The van der Waals surface area contributed by atoms with Crippen molar-refractivity contribution in [3.8, 4) is 34.2 Å². The van der Waals surface area contributed by atoms with Crippen LogP contribution in [0.3, 0.4) is 0 Å². The number of benzene rings is 7. The predicted octanol–water partition coefficient (Wildman–Crippen LogP) is 9.70. The minimum absolute atomic E-state index is 0.00000988. The normalized spacial score (nSPS) is 15.6. The molecule has 0 unspecified atom stereocenters. The standard InChI is InChI=1S/C39H23N3Se/c1-2-10-25(11-3-1)37-40-38(42-39(41-37)34-15-8-14-33-32-13-6-7-16-35(32)43-36(33)34)27-19-20-29-26(23-27)18-22-30-28-12-5-4-9-24(28)17-21-31(29)30/h1-23H/i1D,2D,3D,6D,7D,8D,10D,11D,13D,14D,15D,16D. The number of fused-ring (bicyclic) bond motifs is 8. The second kappa shape index (κ2) is 9.71. The van der Waals surface area contributed by atoms with Crippen molar-refractivity contribution in [3.05, 3.63) is 139 Å². The summed E-state index contributed by atoms with van der Waals surface area (Å²) in [7, 11) is 0. The van der Waals surface area contributed by atoms with Gasteiger partial charge in [-0.2, -0.15) is 0 Å². The quantitative estimate of drug-likeness (QED) is 0.145. The molecule has 0 saturated carbocycles. The average Bonchev–Trinajstić information content (AvgIpc) is 3.60. The Kier molecular flexibility index (Phi) is 3.47. The fraction of sp³-hybridized carbons (Fsp3) is 0. The van der Waals surface area contributed by atoms with Crippen LogP contribution in [0.15, 0.2) is 139 Å². The van der Waals surface area contributed by atoms with Gasteiger partial charge in [0.25, 0.3) is 0 Å². The van der Waals surface area contributed by atoms with Crippen LogP contribution in [0.1, 0.15) is 16.4 Å². The van der Waals surface area contributed by atoms with Crippen LogP contribution in [-0.4, -0.2) is 29.5 Å². The number of hydrogen-bond donors (Lipinski definition) is 0. The van der Waals surface area contributed by atoms with Crippen molar-refractivity contribution in [2.75, 3.05) is 0 Å². The van der Waals surface area contributed by atoms with E-state index in [-0.39, 0.29) is 61.8 Å². The van der Waals surface area contributed by atoms with Crippen molar-refractivity contribution in [2.24, 2.45) is 0 Å². The topological polar surface area (TPSA) is 38.7 Å². The van der Waals surface area contributed by atoms with Gasteiger partial charge in [-0.05, 0) is 5.39 Å². The summed E-state index contributed by atoms with van der Waals surface area (Å²) < 4.78 is 103. The van der Waals surface area contributed by atoms with E-state index in [9.17, 15) is 0 Å². The molecular weight excluding hydrogens is 589 g/mol. The first kappa shape index (κ1) is 15.4. The van der Waals surface area contributed by atoms with E-state index < -0.39 is 68.9 Å². The number of hydrogen-bond acceptors (Lipinski definition) is 3. The van der Waals surface area contributed by atoms with Gasteiger partial charge in [-0.25, -0.2) is 0 Å². The van der Waals surface area contributed by atoms with E-state index in [2.05, 4.69) is 34.2 Å². The van der Waals surface area contributed by atoms with E-state index in [1.165, 1.54) is 0 Å². The predicted molar refractivity (Wildman–Crippen MR) is 181 cm³/mol. The summed E-state index contributed by atoms with van der Waals surface area (Å²) in [6, 6.07) is 16.1. The monoisotopic (exact) mass is 625 g/mol. The molecule has 2 heterocycles. The Morgan fingerprint density at radius 1 is 0.465 bits per heavy atom. The molecule has 0 amide bonds. The molecule has 4 heteroatoms. The third kappa shape index (κ3) is 3.99. The maximum absolute atomic E-state index is 9.09. The molecule has 0 fully saturated rings. The molecule has 200 valence electrons. The fourth-order valence-corrected chi connectivity index (χ4v) is 7.77. The SMILES string of the molecule is [2H]c1c([2H])c([2H])c(-c2nc(-c3ccc4c(ccc5c6ccccc6ccc45)c3)nc(-c3c([2H])c([2H])c([2H])c4c3[se]c3c([2H])c([2H])c([2H])c([2H])c34)n2)c([2H])c1[2H]. The van der Waals surface area contributed by atoms with Gasteiger partial charge >= 0.3 is 241 Å². The van der Waals surface area contributed by atoms with Gasteiger partial charge in [0.2, 0.25) is 0 Å². The first-order valence-corrected chi connectivity index (χ1v) is 15.1. The van der Waals surface area contributed by atoms with Gasteiger partial charge < -0.3 is 0 Å². The Bertz CT molecular complexity index is 3170. The van der Waals surface area contributed by atoms with E-state index in [0.29, 0.717) is 9.82 Å². The van der Waals surface area contributed by atoms with Gasteiger partial charge in [0.1, 0.15) is 0 Å². The molecule has 0 bridgehead atoms.